The monoisotopic (exact) mass is 727 g/mol. The van der Waals surface area contributed by atoms with Crippen LogP contribution in [0.4, 0.5) is 17.1 Å². The quantitative estimate of drug-likeness (QED) is 0.175. The van der Waals surface area contributed by atoms with E-state index in [9.17, 15) is 0 Å². The molecule has 0 aliphatic heterocycles. The van der Waals surface area contributed by atoms with Gasteiger partial charge in [-0.15, -0.1) is 0 Å². The lowest BCUT2D eigenvalue weighted by Crippen LogP contribution is -2.16. The number of nitrogens with zero attached hydrogens (tertiary/aromatic N) is 1. The zero-order valence-corrected chi connectivity index (χ0v) is 31.8. The molecular weight excluding hydrogens is 691 g/mol. The fourth-order valence-corrected chi connectivity index (χ4v) is 9.96. The maximum atomic E-state index is 6.46. The van der Waals surface area contributed by atoms with Crippen molar-refractivity contribution in [3.05, 3.63) is 199 Å². The lowest BCUT2D eigenvalue weighted by molar-refractivity contribution is 0.660. The van der Waals surface area contributed by atoms with Crippen molar-refractivity contribution in [3.63, 3.8) is 0 Å². The van der Waals surface area contributed by atoms with Gasteiger partial charge in [0, 0.05) is 38.7 Å². The third-order valence-electron chi connectivity index (χ3n) is 12.6. The van der Waals surface area contributed by atoms with Gasteiger partial charge in [0.05, 0.1) is 5.69 Å². The lowest BCUT2D eigenvalue weighted by Gasteiger charge is -2.29. The van der Waals surface area contributed by atoms with Crippen LogP contribution in [0.25, 0.3) is 88.3 Å². The van der Waals surface area contributed by atoms with Gasteiger partial charge in [-0.3, -0.25) is 0 Å². The number of fused-ring (bicyclic) bond motifs is 9. The van der Waals surface area contributed by atoms with E-state index < -0.39 is 0 Å². The van der Waals surface area contributed by atoms with Crippen molar-refractivity contribution < 1.29 is 4.42 Å². The highest BCUT2D eigenvalue weighted by Crippen LogP contribution is 2.55. The average Bonchev–Trinajstić information content (AvgIpc) is 3.89. The van der Waals surface area contributed by atoms with Crippen LogP contribution in [-0.4, -0.2) is 0 Å². The summed E-state index contributed by atoms with van der Waals surface area (Å²) >= 11 is 0. The third kappa shape index (κ3) is 4.59. The molecule has 1 aromatic heterocycles. The minimum absolute atomic E-state index is 0.111. The molecule has 0 radical (unpaired) electrons. The van der Waals surface area contributed by atoms with Crippen molar-refractivity contribution in [2.75, 3.05) is 4.90 Å². The van der Waals surface area contributed by atoms with E-state index in [0.29, 0.717) is 0 Å². The van der Waals surface area contributed by atoms with Gasteiger partial charge in [0.1, 0.15) is 11.2 Å². The topological polar surface area (TPSA) is 16.4 Å². The van der Waals surface area contributed by atoms with E-state index in [2.05, 4.69) is 195 Å². The van der Waals surface area contributed by atoms with E-state index in [1.54, 1.807) is 0 Å². The Balaban J connectivity index is 1.02. The molecule has 12 rings (SSSR count). The van der Waals surface area contributed by atoms with Gasteiger partial charge in [-0.25, -0.2) is 0 Å². The van der Waals surface area contributed by atoms with E-state index in [1.165, 1.54) is 72.1 Å². The molecule has 268 valence electrons. The van der Waals surface area contributed by atoms with Crippen LogP contribution in [0.5, 0.6) is 0 Å². The summed E-state index contributed by atoms with van der Waals surface area (Å²) in [6.07, 6.45) is 0. The number of furan rings is 1. The van der Waals surface area contributed by atoms with Gasteiger partial charge >= 0.3 is 0 Å². The maximum Gasteiger partial charge on any atom is 0.143 e. The molecule has 57 heavy (non-hydrogen) atoms. The van der Waals surface area contributed by atoms with Crippen LogP contribution in [0, 0.1) is 0 Å². The van der Waals surface area contributed by atoms with Crippen LogP contribution >= 0.6 is 0 Å². The lowest BCUT2D eigenvalue weighted by atomic mass is 9.82. The Morgan fingerprint density at radius 2 is 1.00 bits per heavy atom. The zero-order valence-electron chi connectivity index (χ0n) is 31.8. The van der Waals surface area contributed by atoms with Crippen molar-refractivity contribution in [1.82, 2.24) is 0 Å². The van der Waals surface area contributed by atoms with Crippen LogP contribution in [0.15, 0.2) is 192 Å². The Morgan fingerprint density at radius 1 is 0.404 bits per heavy atom. The van der Waals surface area contributed by atoms with Crippen molar-refractivity contribution in [3.8, 4) is 55.6 Å². The van der Waals surface area contributed by atoms with Crippen LogP contribution in [0.1, 0.15) is 25.0 Å². The molecule has 2 aliphatic rings. The van der Waals surface area contributed by atoms with Gasteiger partial charge in [-0.1, -0.05) is 166 Å². The number of para-hydroxylation sites is 2. The predicted molar refractivity (Wildman–Crippen MR) is 239 cm³/mol. The molecule has 0 amide bonds. The summed E-state index contributed by atoms with van der Waals surface area (Å²) in [5.41, 5.74) is 20.4. The normalized spacial score (nSPS) is 13.2. The molecule has 1 heterocycles. The molecule has 0 fully saturated rings. The fraction of sp³-hybridized carbons (Fsp3) is 0.0545. The number of rotatable bonds is 5. The zero-order chi connectivity index (χ0) is 37.8. The van der Waals surface area contributed by atoms with E-state index in [-0.39, 0.29) is 5.41 Å². The Kier molecular flexibility index (Phi) is 6.72. The first-order valence-corrected chi connectivity index (χ1v) is 19.8. The first-order chi connectivity index (χ1) is 28.0. The van der Waals surface area contributed by atoms with Gasteiger partial charge in [0.25, 0.3) is 0 Å². The Bertz CT molecular complexity index is 3260. The standard InChI is InChI=1S/C55H37NO/c1-55(2)47-20-7-5-16-46(47)53-48(55)21-11-22-49(53)56(38-31-26-35(27-32-38)40-17-10-19-45-42-14-6-8-23-50(42)57-54(40)45)37-29-24-34(25-30-37)39-33-28-36-12-9-18-43-41-13-3-4-15-44(41)52(39)51(36)43/h3-33H,1-2H3. The molecule has 0 atom stereocenters. The second-order valence-corrected chi connectivity index (χ2v) is 16.0. The van der Waals surface area contributed by atoms with E-state index in [1.807, 2.05) is 12.1 Å². The molecule has 10 aromatic rings. The van der Waals surface area contributed by atoms with Crippen LogP contribution in [0.3, 0.4) is 0 Å². The largest absolute Gasteiger partial charge is 0.455 e. The van der Waals surface area contributed by atoms with E-state index >= 15 is 0 Å². The summed E-state index contributed by atoms with van der Waals surface area (Å²) in [5.74, 6) is 0. The second-order valence-electron chi connectivity index (χ2n) is 16.0. The SMILES string of the molecule is CC1(C)c2ccccc2-c2c(N(c3ccc(-c4ccc5cccc6c5c4-c4ccccc4-6)cc3)c3ccc(-c4cccc5c4oc4ccccc45)cc3)cccc21. The molecule has 0 spiro atoms. The van der Waals surface area contributed by atoms with Gasteiger partial charge in [0.15, 0.2) is 0 Å². The van der Waals surface area contributed by atoms with Crippen LogP contribution in [0.2, 0.25) is 0 Å². The van der Waals surface area contributed by atoms with Crippen LogP contribution < -0.4 is 4.90 Å². The van der Waals surface area contributed by atoms with Crippen molar-refractivity contribution in [2.24, 2.45) is 0 Å². The summed E-state index contributed by atoms with van der Waals surface area (Å²) in [4.78, 5) is 2.44. The van der Waals surface area contributed by atoms with Gasteiger partial charge in [0.2, 0.25) is 0 Å². The predicted octanol–water partition coefficient (Wildman–Crippen LogP) is 15.5. The molecule has 0 saturated heterocycles. The fourth-order valence-electron chi connectivity index (χ4n) is 9.96. The molecule has 0 saturated carbocycles. The molecule has 0 unspecified atom stereocenters. The van der Waals surface area contributed by atoms with E-state index in [0.717, 1.165) is 44.4 Å². The summed E-state index contributed by atoms with van der Waals surface area (Å²) in [5, 5.41) is 4.91. The first kappa shape index (κ1) is 32.1. The smallest absolute Gasteiger partial charge is 0.143 e. The number of benzene rings is 9. The molecule has 2 nitrogen and oxygen atoms in total. The highest BCUT2D eigenvalue weighted by Gasteiger charge is 2.37. The third-order valence-corrected chi connectivity index (χ3v) is 12.6. The van der Waals surface area contributed by atoms with E-state index in [4.69, 9.17) is 4.42 Å². The summed E-state index contributed by atoms with van der Waals surface area (Å²) in [7, 11) is 0. The maximum absolute atomic E-state index is 6.46. The minimum atomic E-state index is -0.111. The molecular formula is C55H37NO. The second kappa shape index (κ2) is 11.9. The highest BCUT2D eigenvalue weighted by molar-refractivity contribution is 6.19. The summed E-state index contributed by atoms with van der Waals surface area (Å²) in [6, 6.07) is 68.8. The minimum Gasteiger partial charge on any atom is -0.455 e. The van der Waals surface area contributed by atoms with Gasteiger partial charge in [-0.05, 0) is 103 Å². The van der Waals surface area contributed by atoms with Crippen molar-refractivity contribution in [1.29, 1.82) is 0 Å². The Hall–Kier alpha value is -7.16. The summed E-state index contributed by atoms with van der Waals surface area (Å²) in [6.45, 7) is 4.71. The summed E-state index contributed by atoms with van der Waals surface area (Å²) < 4.78 is 6.46. The van der Waals surface area contributed by atoms with Gasteiger partial charge < -0.3 is 9.32 Å². The Labute approximate surface area is 331 Å². The number of hydrogen-bond acceptors (Lipinski definition) is 2. The average molecular weight is 728 g/mol. The molecule has 9 aromatic carbocycles. The molecule has 2 aliphatic carbocycles. The van der Waals surface area contributed by atoms with Crippen molar-refractivity contribution >= 4 is 49.8 Å². The molecule has 0 N–H and O–H groups in total. The van der Waals surface area contributed by atoms with Gasteiger partial charge in [-0.2, -0.15) is 0 Å². The molecule has 0 bridgehead atoms. The number of anilines is 3. The Morgan fingerprint density at radius 3 is 1.81 bits per heavy atom. The van der Waals surface area contributed by atoms with Crippen LogP contribution in [-0.2, 0) is 5.41 Å². The highest BCUT2D eigenvalue weighted by atomic mass is 16.3. The van der Waals surface area contributed by atoms with Crippen molar-refractivity contribution in [2.45, 2.75) is 19.3 Å². The number of hydrogen-bond donors (Lipinski definition) is 0. The molecule has 2 heteroatoms. The first-order valence-electron chi connectivity index (χ1n) is 19.8.